The Hall–Kier alpha value is -1.40. The Balaban J connectivity index is 0.00000420. The molecule has 5 nitrogen and oxygen atoms in total. The molecular formula is C19H27F3IN5S. The van der Waals surface area contributed by atoms with Gasteiger partial charge in [0.25, 0.3) is 0 Å². The van der Waals surface area contributed by atoms with E-state index in [-0.39, 0.29) is 30.0 Å². The van der Waals surface area contributed by atoms with Crippen molar-refractivity contribution in [3.05, 3.63) is 52.0 Å². The van der Waals surface area contributed by atoms with E-state index >= 15 is 0 Å². The van der Waals surface area contributed by atoms with Crippen molar-refractivity contribution in [2.45, 2.75) is 32.1 Å². The average molecular weight is 541 g/mol. The summed E-state index contributed by atoms with van der Waals surface area (Å²) < 4.78 is 37.7. The average Bonchev–Trinajstić information content (AvgIpc) is 3.14. The third-order valence-electron chi connectivity index (χ3n) is 4.29. The minimum absolute atomic E-state index is 0. The quantitative estimate of drug-likeness (QED) is 0.302. The second kappa shape index (κ2) is 12.3. The topological polar surface area (TPSA) is 52.6 Å². The normalized spacial score (nSPS) is 13.1. The van der Waals surface area contributed by atoms with Crippen LogP contribution in [0.25, 0.3) is 0 Å². The number of aromatic nitrogens is 1. The van der Waals surface area contributed by atoms with Crippen molar-refractivity contribution in [2.75, 3.05) is 27.2 Å². The number of hydrogen-bond donors (Lipinski definition) is 2. The fourth-order valence-corrected chi connectivity index (χ4v) is 3.30. The molecule has 0 aliphatic heterocycles. The third kappa shape index (κ3) is 8.87. The highest BCUT2D eigenvalue weighted by molar-refractivity contribution is 14.0. The van der Waals surface area contributed by atoms with Crippen molar-refractivity contribution < 1.29 is 13.2 Å². The summed E-state index contributed by atoms with van der Waals surface area (Å²) in [7, 11) is 3.73. The smallest absolute Gasteiger partial charge is 0.356 e. The van der Waals surface area contributed by atoms with Crippen LogP contribution in [0.3, 0.4) is 0 Å². The molecule has 0 saturated carbocycles. The van der Waals surface area contributed by atoms with Crippen LogP contribution in [-0.4, -0.2) is 49.1 Å². The van der Waals surface area contributed by atoms with Crippen molar-refractivity contribution in [3.8, 4) is 0 Å². The van der Waals surface area contributed by atoms with Crippen LogP contribution in [0.5, 0.6) is 0 Å². The second-order valence-electron chi connectivity index (χ2n) is 6.50. The second-order valence-corrected chi connectivity index (χ2v) is 7.45. The molecule has 0 spiro atoms. The zero-order chi connectivity index (χ0) is 20.6. The molecule has 1 aromatic heterocycles. The van der Waals surface area contributed by atoms with E-state index in [9.17, 15) is 13.2 Å². The summed E-state index contributed by atoms with van der Waals surface area (Å²) in [6, 6.07) is 10.5. The van der Waals surface area contributed by atoms with Gasteiger partial charge < -0.3 is 10.6 Å². The van der Waals surface area contributed by atoms with Gasteiger partial charge in [-0.2, -0.15) is 13.2 Å². The molecule has 2 N–H and O–H groups in total. The van der Waals surface area contributed by atoms with Crippen LogP contribution < -0.4 is 10.6 Å². The summed E-state index contributed by atoms with van der Waals surface area (Å²) in [6.07, 6.45) is -3.98. The summed E-state index contributed by atoms with van der Waals surface area (Å²) in [5.41, 5.74) is 0.423. The molecule has 1 unspecified atom stereocenters. The van der Waals surface area contributed by atoms with Crippen molar-refractivity contribution in [1.82, 2.24) is 20.5 Å². The minimum atomic E-state index is -4.39. The molecule has 0 aliphatic carbocycles. The Kier molecular flexibility index (Phi) is 10.9. The lowest BCUT2D eigenvalue weighted by Gasteiger charge is -2.25. The molecule has 0 amide bonds. The van der Waals surface area contributed by atoms with E-state index in [2.05, 4.69) is 51.6 Å². The first-order valence-electron chi connectivity index (χ1n) is 9.00. The van der Waals surface area contributed by atoms with Crippen molar-refractivity contribution >= 4 is 41.3 Å². The van der Waals surface area contributed by atoms with Gasteiger partial charge in [-0.1, -0.05) is 30.3 Å². The fraction of sp³-hybridized carbons (Fsp3) is 0.474. The zero-order valence-corrected chi connectivity index (χ0v) is 19.8. The summed E-state index contributed by atoms with van der Waals surface area (Å²) in [5.74, 6) is 0.618. The van der Waals surface area contributed by atoms with E-state index in [0.29, 0.717) is 30.5 Å². The number of nitrogens with zero attached hydrogens (tertiary/aromatic N) is 3. The maximum atomic E-state index is 12.6. The van der Waals surface area contributed by atoms with Gasteiger partial charge in [0, 0.05) is 44.5 Å². The molecule has 1 aromatic carbocycles. The largest absolute Gasteiger partial charge is 0.434 e. The monoisotopic (exact) mass is 541 g/mol. The maximum Gasteiger partial charge on any atom is 0.434 e. The van der Waals surface area contributed by atoms with E-state index in [0.717, 1.165) is 23.3 Å². The van der Waals surface area contributed by atoms with Crippen molar-refractivity contribution in [3.63, 3.8) is 0 Å². The fourth-order valence-electron chi connectivity index (χ4n) is 2.49. The van der Waals surface area contributed by atoms with E-state index in [4.69, 9.17) is 0 Å². The number of aliphatic imine (C=N–C) groups is 1. The summed E-state index contributed by atoms with van der Waals surface area (Å²) >= 11 is 1.02. The molecule has 0 aliphatic rings. The van der Waals surface area contributed by atoms with Gasteiger partial charge in [-0.15, -0.1) is 35.3 Å². The molecule has 2 aromatic rings. The van der Waals surface area contributed by atoms with Crippen LogP contribution in [0, 0.1) is 0 Å². The number of halogens is 4. The van der Waals surface area contributed by atoms with Gasteiger partial charge in [-0.05, 0) is 19.5 Å². The number of guanidine groups is 1. The molecule has 2 rings (SSSR count). The molecule has 10 heteroatoms. The van der Waals surface area contributed by atoms with Gasteiger partial charge in [0.1, 0.15) is 0 Å². The minimum Gasteiger partial charge on any atom is -0.356 e. The Labute approximate surface area is 190 Å². The van der Waals surface area contributed by atoms with Gasteiger partial charge in [0.2, 0.25) is 0 Å². The standard InChI is InChI=1S/C19H26F3N5S.HI/c1-14(27(3)12-15-7-5-4-6-8-15)11-25-18(23-2)24-10-9-17-26-16(13-28-17)19(20,21)22;/h4-8,13-14H,9-12H2,1-3H3,(H2,23,24,25);1H. The van der Waals surface area contributed by atoms with Gasteiger partial charge in [-0.25, -0.2) is 4.98 Å². The van der Waals surface area contributed by atoms with E-state index in [1.54, 1.807) is 7.05 Å². The SMILES string of the molecule is CN=C(NCCc1nc(C(F)(F)F)cs1)NCC(C)N(C)Cc1ccccc1.I. The Morgan fingerprint density at radius 1 is 1.24 bits per heavy atom. The van der Waals surface area contributed by atoms with E-state index in [1.165, 1.54) is 5.56 Å². The molecule has 1 atom stereocenters. The van der Waals surface area contributed by atoms with Gasteiger partial charge in [-0.3, -0.25) is 9.89 Å². The first kappa shape index (κ1) is 25.6. The molecule has 0 saturated heterocycles. The van der Waals surface area contributed by atoms with Gasteiger partial charge in [0.05, 0.1) is 5.01 Å². The molecule has 0 radical (unpaired) electrons. The third-order valence-corrected chi connectivity index (χ3v) is 5.20. The Bertz CT molecular complexity index is 752. The number of nitrogens with one attached hydrogen (secondary N) is 2. The lowest BCUT2D eigenvalue weighted by molar-refractivity contribution is -0.140. The van der Waals surface area contributed by atoms with Crippen LogP contribution in [0.15, 0.2) is 40.7 Å². The lowest BCUT2D eigenvalue weighted by Crippen LogP contribution is -2.45. The summed E-state index contributed by atoms with van der Waals surface area (Å²) in [6.45, 7) is 4.12. The van der Waals surface area contributed by atoms with Gasteiger partial charge >= 0.3 is 6.18 Å². The van der Waals surface area contributed by atoms with Crippen LogP contribution in [-0.2, 0) is 19.1 Å². The van der Waals surface area contributed by atoms with Crippen LogP contribution in [0.2, 0.25) is 0 Å². The first-order valence-corrected chi connectivity index (χ1v) is 9.88. The molecule has 29 heavy (non-hydrogen) atoms. The first-order chi connectivity index (χ1) is 13.3. The number of rotatable bonds is 8. The Morgan fingerprint density at radius 2 is 1.93 bits per heavy atom. The van der Waals surface area contributed by atoms with Crippen molar-refractivity contribution in [2.24, 2.45) is 4.99 Å². The van der Waals surface area contributed by atoms with Gasteiger partial charge in [0.15, 0.2) is 11.7 Å². The van der Waals surface area contributed by atoms with Crippen LogP contribution in [0.4, 0.5) is 13.2 Å². The highest BCUT2D eigenvalue weighted by Gasteiger charge is 2.33. The molecule has 0 fully saturated rings. The molecule has 0 bridgehead atoms. The molecule has 1 heterocycles. The predicted molar refractivity (Wildman–Crippen MR) is 123 cm³/mol. The predicted octanol–water partition coefficient (Wildman–Crippen LogP) is 4.01. The highest BCUT2D eigenvalue weighted by Crippen LogP contribution is 2.29. The number of thiazole rings is 1. The van der Waals surface area contributed by atoms with Crippen LogP contribution in [0.1, 0.15) is 23.2 Å². The zero-order valence-electron chi connectivity index (χ0n) is 16.7. The van der Waals surface area contributed by atoms with E-state index in [1.807, 2.05) is 18.2 Å². The maximum absolute atomic E-state index is 12.6. The number of likely N-dealkylation sites (N-methyl/N-ethyl adjacent to an activating group) is 1. The number of benzene rings is 1. The number of hydrogen-bond acceptors (Lipinski definition) is 4. The Morgan fingerprint density at radius 3 is 2.52 bits per heavy atom. The summed E-state index contributed by atoms with van der Waals surface area (Å²) in [4.78, 5) is 10.0. The molecular weight excluding hydrogens is 514 g/mol. The summed E-state index contributed by atoms with van der Waals surface area (Å²) in [5, 5.41) is 7.87. The number of alkyl halides is 3. The van der Waals surface area contributed by atoms with Crippen molar-refractivity contribution in [1.29, 1.82) is 0 Å². The van der Waals surface area contributed by atoms with E-state index < -0.39 is 11.9 Å². The lowest BCUT2D eigenvalue weighted by atomic mass is 10.2. The molecule has 162 valence electrons. The van der Waals surface area contributed by atoms with Crippen LogP contribution >= 0.6 is 35.3 Å². The highest BCUT2D eigenvalue weighted by atomic mass is 127.